The summed E-state index contributed by atoms with van der Waals surface area (Å²) < 4.78 is 0.925. The largest absolute Gasteiger partial charge is 0.478 e. The third kappa shape index (κ3) is 3.68. The maximum atomic E-state index is 10.7. The minimum atomic E-state index is -0.984. The molecule has 0 aliphatic heterocycles. The lowest BCUT2D eigenvalue weighted by Crippen LogP contribution is -2.04. The zero-order valence-corrected chi connectivity index (χ0v) is 12.1. The van der Waals surface area contributed by atoms with Crippen molar-refractivity contribution in [2.75, 3.05) is 5.32 Å². The lowest BCUT2D eigenvalue weighted by atomic mass is 10.2. The number of benzene rings is 1. The molecule has 0 fully saturated rings. The van der Waals surface area contributed by atoms with Gasteiger partial charge in [0.05, 0.1) is 28.5 Å². The number of carboxylic acid groups (broad SMARTS) is 1. The Balaban J connectivity index is 2.06. The van der Waals surface area contributed by atoms with Crippen LogP contribution in [0.2, 0.25) is 5.02 Å². The quantitative estimate of drug-likeness (QED) is 0.888. The summed E-state index contributed by atoms with van der Waals surface area (Å²) >= 11 is 9.42. The summed E-state index contributed by atoms with van der Waals surface area (Å²) in [6.45, 7) is 0.468. The maximum Gasteiger partial charge on any atom is 0.337 e. The number of aromatic nitrogens is 1. The predicted molar refractivity (Wildman–Crippen MR) is 77.7 cm³/mol. The monoisotopic (exact) mass is 340 g/mol. The van der Waals surface area contributed by atoms with Gasteiger partial charge in [-0.1, -0.05) is 27.5 Å². The molecule has 0 amide bonds. The number of pyridine rings is 1. The van der Waals surface area contributed by atoms with Crippen molar-refractivity contribution in [1.82, 2.24) is 4.98 Å². The molecule has 98 valence electrons. The number of halogens is 2. The Morgan fingerprint density at radius 2 is 2.16 bits per heavy atom. The first-order valence-electron chi connectivity index (χ1n) is 5.43. The number of carbonyl (C=O) groups is 1. The maximum absolute atomic E-state index is 10.7. The number of rotatable bonds is 4. The molecule has 0 atom stereocenters. The van der Waals surface area contributed by atoms with Gasteiger partial charge in [-0.15, -0.1) is 0 Å². The third-order valence-corrected chi connectivity index (χ3v) is 3.28. The van der Waals surface area contributed by atoms with Crippen LogP contribution in [-0.4, -0.2) is 16.1 Å². The van der Waals surface area contributed by atoms with Crippen LogP contribution < -0.4 is 5.32 Å². The Morgan fingerprint density at radius 3 is 2.79 bits per heavy atom. The predicted octanol–water partition coefficient (Wildman–Crippen LogP) is 3.81. The minimum Gasteiger partial charge on any atom is -0.478 e. The highest BCUT2D eigenvalue weighted by Crippen LogP contribution is 2.25. The van der Waals surface area contributed by atoms with E-state index in [2.05, 4.69) is 26.2 Å². The van der Waals surface area contributed by atoms with E-state index in [0.717, 1.165) is 15.9 Å². The van der Waals surface area contributed by atoms with Gasteiger partial charge in [-0.25, -0.2) is 4.79 Å². The van der Waals surface area contributed by atoms with Crippen LogP contribution in [-0.2, 0) is 6.54 Å². The van der Waals surface area contributed by atoms with E-state index < -0.39 is 5.97 Å². The molecule has 0 aliphatic carbocycles. The van der Waals surface area contributed by atoms with Crippen molar-refractivity contribution in [3.05, 3.63) is 57.3 Å². The first kappa shape index (κ1) is 13.8. The molecule has 6 heteroatoms. The van der Waals surface area contributed by atoms with Gasteiger partial charge in [0, 0.05) is 10.7 Å². The fourth-order valence-electron chi connectivity index (χ4n) is 1.47. The van der Waals surface area contributed by atoms with E-state index in [-0.39, 0.29) is 5.56 Å². The number of hydrogen-bond acceptors (Lipinski definition) is 3. The molecule has 0 radical (unpaired) electrons. The summed E-state index contributed by atoms with van der Waals surface area (Å²) in [5.74, 6) is -0.984. The molecule has 1 aromatic heterocycles. The molecule has 2 aromatic rings. The topological polar surface area (TPSA) is 62.2 Å². The summed E-state index contributed by atoms with van der Waals surface area (Å²) in [4.78, 5) is 14.8. The molecule has 0 saturated heterocycles. The van der Waals surface area contributed by atoms with Crippen molar-refractivity contribution in [1.29, 1.82) is 0 Å². The summed E-state index contributed by atoms with van der Waals surface area (Å²) in [5.41, 5.74) is 1.70. The highest BCUT2D eigenvalue weighted by atomic mass is 79.9. The van der Waals surface area contributed by atoms with E-state index in [4.69, 9.17) is 16.7 Å². The average molecular weight is 342 g/mol. The number of aromatic carboxylic acids is 1. The van der Waals surface area contributed by atoms with E-state index in [1.54, 1.807) is 12.1 Å². The van der Waals surface area contributed by atoms with Gasteiger partial charge < -0.3 is 10.4 Å². The molecule has 1 heterocycles. The molecule has 0 spiro atoms. The van der Waals surface area contributed by atoms with E-state index in [0.29, 0.717) is 11.6 Å². The van der Waals surface area contributed by atoms with Gasteiger partial charge in [-0.3, -0.25) is 4.98 Å². The van der Waals surface area contributed by atoms with Crippen LogP contribution in [0.15, 0.2) is 41.0 Å². The first-order chi connectivity index (χ1) is 9.06. The molecule has 0 bridgehead atoms. The Hall–Kier alpha value is -1.59. The SMILES string of the molecule is O=C(O)c1ccc(CNc2cc(Br)ccc2Cl)nc1. The normalized spacial score (nSPS) is 10.2. The van der Waals surface area contributed by atoms with Gasteiger partial charge in [0.25, 0.3) is 0 Å². The Kier molecular flexibility index (Phi) is 4.39. The van der Waals surface area contributed by atoms with E-state index >= 15 is 0 Å². The van der Waals surface area contributed by atoms with Gasteiger partial charge in [0.15, 0.2) is 0 Å². The molecular weight excluding hydrogens is 332 g/mol. The van der Waals surface area contributed by atoms with Gasteiger partial charge in [0.1, 0.15) is 0 Å². The summed E-state index contributed by atoms with van der Waals surface area (Å²) in [5, 5.41) is 12.5. The fraction of sp³-hybridized carbons (Fsp3) is 0.0769. The average Bonchev–Trinajstić information content (AvgIpc) is 2.40. The summed E-state index contributed by atoms with van der Waals surface area (Å²) in [7, 11) is 0. The minimum absolute atomic E-state index is 0.171. The molecule has 2 rings (SSSR count). The fourth-order valence-corrected chi connectivity index (χ4v) is 2.02. The Bertz CT molecular complexity index is 602. The summed E-state index contributed by atoms with van der Waals surface area (Å²) in [6, 6.07) is 8.70. The van der Waals surface area contributed by atoms with Gasteiger partial charge in [-0.05, 0) is 30.3 Å². The second-order valence-electron chi connectivity index (χ2n) is 3.82. The van der Waals surface area contributed by atoms with Crippen LogP contribution in [0.1, 0.15) is 16.1 Å². The van der Waals surface area contributed by atoms with Crippen molar-refractivity contribution >= 4 is 39.2 Å². The molecule has 0 unspecified atom stereocenters. The van der Waals surface area contributed by atoms with Gasteiger partial charge in [0.2, 0.25) is 0 Å². The molecule has 4 nitrogen and oxygen atoms in total. The lowest BCUT2D eigenvalue weighted by molar-refractivity contribution is 0.0696. The number of anilines is 1. The molecule has 0 aliphatic rings. The van der Waals surface area contributed by atoms with Crippen LogP contribution in [0.5, 0.6) is 0 Å². The Morgan fingerprint density at radius 1 is 1.37 bits per heavy atom. The molecular formula is C13H10BrClN2O2. The second-order valence-corrected chi connectivity index (χ2v) is 5.14. The lowest BCUT2D eigenvalue weighted by Gasteiger charge is -2.08. The highest BCUT2D eigenvalue weighted by molar-refractivity contribution is 9.10. The number of nitrogens with one attached hydrogen (secondary N) is 1. The van der Waals surface area contributed by atoms with E-state index in [1.165, 1.54) is 12.3 Å². The molecule has 2 N–H and O–H groups in total. The van der Waals surface area contributed by atoms with Crippen LogP contribution in [0.3, 0.4) is 0 Å². The van der Waals surface area contributed by atoms with E-state index in [1.807, 2.05) is 12.1 Å². The van der Waals surface area contributed by atoms with Crippen LogP contribution in [0, 0.1) is 0 Å². The highest BCUT2D eigenvalue weighted by Gasteiger charge is 2.04. The zero-order valence-electron chi connectivity index (χ0n) is 9.73. The van der Waals surface area contributed by atoms with Crippen molar-refractivity contribution < 1.29 is 9.90 Å². The summed E-state index contributed by atoms with van der Waals surface area (Å²) in [6.07, 6.45) is 1.34. The number of carboxylic acids is 1. The van der Waals surface area contributed by atoms with Crippen molar-refractivity contribution in [3.63, 3.8) is 0 Å². The van der Waals surface area contributed by atoms with Gasteiger partial charge in [-0.2, -0.15) is 0 Å². The smallest absolute Gasteiger partial charge is 0.337 e. The molecule has 1 aromatic carbocycles. The Labute approximate surface area is 123 Å². The number of hydrogen-bond donors (Lipinski definition) is 2. The molecule has 0 saturated carbocycles. The third-order valence-electron chi connectivity index (χ3n) is 2.46. The van der Waals surface area contributed by atoms with Crippen LogP contribution in [0.25, 0.3) is 0 Å². The second kappa shape index (κ2) is 6.04. The molecule has 19 heavy (non-hydrogen) atoms. The van der Waals surface area contributed by atoms with Crippen LogP contribution in [0.4, 0.5) is 5.69 Å². The number of nitrogens with zero attached hydrogens (tertiary/aromatic N) is 1. The zero-order chi connectivity index (χ0) is 13.8. The standard InChI is InChI=1S/C13H10BrClN2O2/c14-9-2-4-11(15)12(5-9)17-7-10-3-1-8(6-16-10)13(18)19/h1-6,17H,7H2,(H,18,19). The van der Waals surface area contributed by atoms with Crippen molar-refractivity contribution in [2.24, 2.45) is 0 Å². The van der Waals surface area contributed by atoms with Crippen molar-refractivity contribution in [2.45, 2.75) is 6.54 Å². The first-order valence-corrected chi connectivity index (χ1v) is 6.60. The van der Waals surface area contributed by atoms with Crippen LogP contribution >= 0.6 is 27.5 Å². The van der Waals surface area contributed by atoms with E-state index in [9.17, 15) is 4.79 Å². The van der Waals surface area contributed by atoms with Gasteiger partial charge >= 0.3 is 5.97 Å². The van der Waals surface area contributed by atoms with Crippen molar-refractivity contribution in [3.8, 4) is 0 Å².